The summed E-state index contributed by atoms with van der Waals surface area (Å²) in [6.45, 7) is 8.30. The van der Waals surface area contributed by atoms with Crippen LogP contribution in [0, 0.1) is 0 Å². The normalized spacial score (nSPS) is 10.5. The number of nitrogens with two attached hydrogens (primary N) is 1. The Kier molecular flexibility index (Phi) is 5.00. The zero-order valence-corrected chi connectivity index (χ0v) is 10.9. The molecular weight excluding hydrogens is 216 g/mol. The van der Waals surface area contributed by atoms with E-state index in [0.717, 1.165) is 25.9 Å². The van der Waals surface area contributed by atoms with Gasteiger partial charge >= 0.3 is 0 Å². The first-order chi connectivity index (χ1) is 8.15. The van der Waals surface area contributed by atoms with Gasteiger partial charge < -0.3 is 10.6 Å². The van der Waals surface area contributed by atoms with Crippen LogP contribution in [-0.4, -0.2) is 33.7 Å². The van der Waals surface area contributed by atoms with Crippen LogP contribution in [0.15, 0.2) is 6.20 Å². The minimum Gasteiger partial charge on any atom is -0.383 e. The molecule has 0 radical (unpaired) electrons. The van der Waals surface area contributed by atoms with Gasteiger partial charge in [0.05, 0.1) is 6.20 Å². The molecule has 1 aromatic rings. The number of carbonyl (C=O) groups excluding carboxylic acids is 1. The predicted octanol–water partition coefficient (Wildman–Crippen LogP) is 1.75. The Balaban J connectivity index is 2.88. The van der Waals surface area contributed by atoms with Gasteiger partial charge in [0.1, 0.15) is 11.4 Å². The zero-order valence-electron chi connectivity index (χ0n) is 10.9. The second kappa shape index (κ2) is 6.27. The molecule has 0 saturated heterocycles. The van der Waals surface area contributed by atoms with Crippen LogP contribution in [0.3, 0.4) is 0 Å². The molecule has 0 bridgehead atoms. The van der Waals surface area contributed by atoms with Crippen LogP contribution in [0.2, 0.25) is 0 Å². The van der Waals surface area contributed by atoms with Gasteiger partial charge in [-0.05, 0) is 19.8 Å². The summed E-state index contributed by atoms with van der Waals surface area (Å²) in [7, 11) is 0. The number of nitrogens with zero attached hydrogens (tertiary/aromatic N) is 3. The fourth-order valence-corrected chi connectivity index (χ4v) is 1.84. The Morgan fingerprint density at radius 3 is 2.35 bits per heavy atom. The number of aromatic nitrogens is 2. The maximum atomic E-state index is 12.3. The number of carbonyl (C=O) groups is 1. The first kappa shape index (κ1) is 13.5. The van der Waals surface area contributed by atoms with Crippen molar-refractivity contribution in [1.29, 1.82) is 0 Å². The van der Waals surface area contributed by atoms with Crippen LogP contribution in [0.4, 0.5) is 5.82 Å². The van der Waals surface area contributed by atoms with Crippen molar-refractivity contribution >= 4 is 11.7 Å². The second-order valence-corrected chi connectivity index (χ2v) is 4.05. The summed E-state index contributed by atoms with van der Waals surface area (Å²) < 4.78 is 1.64. The highest BCUT2D eigenvalue weighted by Crippen LogP contribution is 2.14. The van der Waals surface area contributed by atoms with E-state index in [1.54, 1.807) is 10.9 Å². The molecule has 0 aromatic carbocycles. The van der Waals surface area contributed by atoms with Gasteiger partial charge in [0.2, 0.25) is 0 Å². The molecule has 0 spiro atoms. The standard InChI is InChI=1S/C12H22N4O/c1-4-7-15(8-5-2)12(17)10-9-14-16(6-3)11(10)13/h9H,4-8,13H2,1-3H3. The zero-order chi connectivity index (χ0) is 12.8. The van der Waals surface area contributed by atoms with Crippen LogP contribution in [0.1, 0.15) is 44.0 Å². The molecule has 0 aliphatic rings. The number of anilines is 1. The van der Waals surface area contributed by atoms with Crippen LogP contribution in [0.5, 0.6) is 0 Å². The lowest BCUT2D eigenvalue weighted by Crippen LogP contribution is -2.32. The molecule has 0 aliphatic carbocycles. The monoisotopic (exact) mass is 238 g/mol. The minimum atomic E-state index is -0.00843. The average molecular weight is 238 g/mol. The van der Waals surface area contributed by atoms with Crippen LogP contribution in [0.25, 0.3) is 0 Å². The number of hydrogen-bond donors (Lipinski definition) is 1. The lowest BCUT2D eigenvalue weighted by Gasteiger charge is -2.21. The Bertz CT molecular complexity index is 367. The lowest BCUT2D eigenvalue weighted by molar-refractivity contribution is 0.0756. The van der Waals surface area contributed by atoms with Crippen molar-refractivity contribution in [2.24, 2.45) is 0 Å². The number of aryl methyl sites for hydroxylation is 1. The van der Waals surface area contributed by atoms with E-state index in [1.807, 2.05) is 11.8 Å². The molecule has 1 amide bonds. The van der Waals surface area contributed by atoms with Crippen molar-refractivity contribution in [2.75, 3.05) is 18.8 Å². The van der Waals surface area contributed by atoms with Crippen molar-refractivity contribution in [1.82, 2.24) is 14.7 Å². The molecule has 0 aliphatic heterocycles. The van der Waals surface area contributed by atoms with Crippen LogP contribution >= 0.6 is 0 Å². The first-order valence-corrected chi connectivity index (χ1v) is 6.26. The van der Waals surface area contributed by atoms with E-state index in [4.69, 9.17) is 5.73 Å². The van der Waals surface area contributed by atoms with Gasteiger partial charge in [-0.1, -0.05) is 13.8 Å². The summed E-state index contributed by atoms with van der Waals surface area (Å²) in [6.07, 6.45) is 3.47. The topological polar surface area (TPSA) is 64.2 Å². The Morgan fingerprint density at radius 1 is 1.35 bits per heavy atom. The molecule has 0 unspecified atom stereocenters. The molecule has 1 heterocycles. The summed E-state index contributed by atoms with van der Waals surface area (Å²) >= 11 is 0. The molecule has 1 rings (SSSR count). The van der Waals surface area contributed by atoms with E-state index >= 15 is 0 Å². The van der Waals surface area contributed by atoms with Crippen LogP contribution in [-0.2, 0) is 6.54 Å². The van der Waals surface area contributed by atoms with Crippen molar-refractivity contribution in [3.05, 3.63) is 11.8 Å². The molecule has 0 atom stereocenters. The molecule has 5 nitrogen and oxygen atoms in total. The lowest BCUT2D eigenvalue weighted by atomic mass is 10.2. The van der Waals surface area contributed by atoms with Gasteiger partial charge in [0, 0.05) is 19.6 Å². The number of rotatable bonds is 6. The second-order valence-electron chi connectivity index (χ2n) is 4.05. The Hall–Kier alpha value is -1.52. The fourth-order valence-electron chi connectivity index (χ4n) is 1.84. The van der Waals surface area contributed by atoms with Gasteiger partial charge in [-0.3, -0.25) is 4.79 Å². The number of nitrogen functional groups attached to an aromatic ring is 1. The predicted molar refractivity (Wildman–Crippen MR) is 68.8 cm³/mol. The van der Waals surface area contributed by atoms with E-state index in [0.29, 0.717) is 17.9 Å². The molecule has 17 heavy (non-hydrogen) atoms. The summed E-state index contributed by atoms with van der Waals surface area (Å²) in [5.41, 5.74) is 6.42. The maximum Gasteiger partial charge on any atom is 0.259 e. The number of amides is 1. The number of hydrogen-bond acceptors (Lipinski definition) is 3. The highest BCUT2D eigenvalue weighted by atomic mass is 16.2. The van der Waals surface area contributed by atoms with Crippen molar-refractivity contribution in [3.63, 3.8) is 0 Å². The first-order valence-electron chi connectivity index (χ1n) is 6.26. The molecule has 2 N–H and O–H groups in total. The summed E-state index contributed by atoms with van der Waals surface area (Å²) in [5, 5.41) is 4.10. The van der Waals surface area contributed by atoms with E-state index in [1.165, 1.54) is 0 Å². The van der Waals surface area contributed by atoms with E-state index in [-0.39, 0.29) is 5.91 Å². The molecule has 0 fully saturated rings. The Morgan fingerprint density at radius 2 is 1.94 bits per heavy atom. The summed E-state index contributed by atoms with van der Waals surface area (Å²) in [4.78, 5) is 14.1. The SMILES string of the molecule is CCCN(CCC)C(=O)c1cnn(CC)c1N. The maximum absolute atomic E-state index is 12.3. The fraction of sp³-hybridized carbons (Fsp3) is 0.667. The van der Waals surface area contributed by atoms with Crippen LogP contribution < -0.4 is 5.73 Å². The smallest absolute Gasteiger partial charge is 0.259 e. The van der Waals surface area contributed by atoms with Gasteiger partial charge in [-0.15, -0.1) is 0 Å². The molecular formula is C12H22N4O. The van der Waals surface area contributed by atoms with Gasteiger partial charge in [0.15, 0.2) is 0 Å². The third-order valence-electron chi connectivity index (χ3n) is 2.68. The van der Waals surface area contributed by atoms with Gasteiger partial charge in [0.25, 0.3) is 5.91 Å². The Labute approximate surface area is 103 Å². The third-order valence-corrected chi connectivity index (χ3v) is 2.68. The molecule has 5 heteroatoms. The summed E-state index contributed by atoms with van der Waals surface area (Å²) in [5.74, 6) is 0.459. The quantitative estimate of drug-likeness (QED) is 0.821. The third kappa shape index (κ3) is 2.99. The minimum absolute atomic E-state index is 0.00843. The molecule has 1 aromatic heterocycles. The van der Waals surface area contributed by atoms with E-state index in [2.05, 4.69) is 18.9 Å². The van der Waals surface area contributed by atoms with Gasteiger partial charge in [-0.25, -0.2) is 4.68 Å². The van der Waals surface area contributed by atoms with Crippen molar-refractivity contribution < 1.29 is 4.79 Å². The van der Waals surface area contributed by atoms with Crippen molar-refractivity contribution in [3.8, 4) is 0 Å². The largest absolute Gasteiger partial charge is 0.383 e. The highest BCUT2D eigenvalue weighted by molar-refractivity contribution is 5.98. The molecule has 96 valence electrons. The summed E-state index contributed by atoms with van der Waals surface area (Å²) in [6, 6.07) is 0. The van der Waals surface area contributed by atoms with E-state index in [9.17, 15) is 4.79 Å². The highest BCUT2D eigenvalue weighted by Gasteiger charge is 2.19. The van der Waals surface area contributed by atoms with E-state index < -0.39 is 0 Å². The van der Waals surface area contributed by atoms with Gasteiger partial charge in [-0.2, -0.15) is 5.10 Å². The average Bonchev–Trinajstić information content (AvgIpc) is 2.69. The van der Waals surface area contributed by atoms with Crippen molar-refractivity contribution in [2.45, 2.75) is 40.2 Å². The molecule has 0 saturated carbocycles.